The van der Waals surface area contributed by atoms with Crippen molar-refractivity contribution in [3.63, 3.8) is 0 Å². The molecule has 0 N–H and O–H groups in total. The first-order valence-electron chi connectivity index (χ1n) is 12.9. The highest BCUT2D eigenvalue weighted by Crippen LogP contribution is 2.34. The van der Waals surface area contributed by atoms with Gasteiger partial charge >= 0.3 is 0 Å². The molecule has 2 aliphatic heterocycles. The van der Waals surface area contributed by atoms with Crippen molar-refractivity contribution in [2.24, 2.45) is 0 Å². The van der Waals surface area contributed by atoms with Crippen LogP contribution in [0.3, 0.4) is 0 Å². The first-order valence-corrected chi connectivity index (χ1v) is 12.9. The first-order chi connectivity index (χ1) is 15.1. The first kappa shape index (κ1) is 27.1. The van der Waals surface area contributed by atoms with Crippen molar-refractivity contribution in [1.82, 2.24) is 0 Å². The standard InChI is InChI=1S/C23H46B2O6/c1-7-12-13-14-15-16-19-27-17-18-20(29-19)21(30-24(8-2)9-3)22(23(26-6)28-18)31-25(10-4)11-5/h18-23H,7-17H2,1-6H3/t18-,19?,20-,21+,22-,23+/m1/s1. The van der Waals surface area contributed by atoms with E-state index < -0.39 is 6.29 Å². The van der Waals surface area contributed by atoms with Crippen LogP contribution in [0.15, 0.2) is 0 Å². The lowest BCUT2D eigenvalue weighted by molar-refractivity contribution is -0.351. The van der Waals surface area contributed by atoms with E-state index in [-0.39, 0.29) is 44.5 Å². The van der Waals surface area contributed by atoms with Crippen LogP contribution >= 0.6 is 0 Å². The van der Waals surface area contributed by atoms with Crippen molar-refractivity contribution in [2.45, 2.75) is 135 Å². The summed E-state index contributed by atoms with van der Waals surface area (Å²) in [4.78, 5) is 0. The van der Waals surface area contributed by atoms with E-state index in [1.54, 1.807) is 7.11 Å². The van der Waals surface area contributed by atoms with Crippen LogP contribution in [0.25, 0.3) is 0 Å². The molecular formula is C23H46B2O6. The summed E-state index contributed by atoms with van der Waals surface area (Å²) < 4.78 is 37.6. The van der Waals surface area contributed by atoms with Gasteiger partial charge in [0.2, 0.25) is 0 Å². The molecule has 2 rings (SSSR count). The molecule has 0 bridgehead atoms. The maximum Gasteiger partial charge on any atom is 0.293 e. The summed E-state index contributed by atoms with van der Waals surface area (Å²) >= 11 is 0. The number of ether oxygens (including phenoxy) is 4. The van der Waals surface area contributed by atoms with Crippen LogP contribution < -0.4 is 0 Å². The minimum atomic E-state index is -0.487. The normalized spacial score (nSPS) is 30.8. The Balaban J connectivity index is 2.12. The van der Waals surface area contributed by atoms with Crippen LogP contribution in [-0.2, 0) is 28.3 Å². The largest absolute Gasteiger partial charge is 0.428 e. The molecule has 1 unspecified atom stereocenters. The molecule has 0 spiro atoms. The highest BCUT2D eigenvalue weighted by Gasteiger charge is 2.52. The molecule has 0 aliphatic carbocycles. The molecule has 2 fully saturated rings. The molecule has 31 heavy (non-hydrogen) atoms. The molecule has 0 aromatic carbocycles. The Kier molecular flexibility index (Phi) is 13.1. The number of fused-ring (bicyclic) bond motifs is 1. The maximum atomic E-state index is 6.63. The molecule has 2 aliphatic rings. The lowest BCUT2D eigenvalue weighted by atomic mass is 9.61. The lowest BCUT2D eigenvalue weighted by Gasteiger charge is -2.50. The zero-order valence-electron chi connectivity index (χ0n) is 20.8. The van der Waals surface area contributed by atoms with Crippen LogP contribution in [0, 0.1) is 0 Å². The van der Waals surface area contributed by atoms with Gasteiger partial charge in [0.1, 0.15) is 18.3 Å². The Morgan fingerprint density at radius 1 is 0.774 bits per heavy atom. The fourth-order valence-corrected chi connectivity index (χ4v) is 4.56. The van der Waals surface area contributed by atoms with Gasteiger partial charge in [-0.3, -0.25) is 0 Å². The Labute approximate surface area is 191 Å². The van der Waals surface area contributed by atoms with Gasteiger partial charge < -0.3 is 28.3 Å². The van der Waals surface area contributed by atoms with Gasteiger partial charge in [0, 0.05) is 7.11 Å². The smallest absolute Gasteiger partial charge is 0.293 e. The van der Waals surface area contributed by atoms with Gasteiger partial charge in [0.25, 0.3) is 13.8 Å². The molecule has 0 radical (unpaired) electrons. The Morgan fingerprint density at radius 3 is 1.97 bits per heavy atom. The second-order valence-corrected chi connectivity index (χ2v) is 8.92. The molecule has 0 aromatic rings. The average molecular weight is 440 g/mol. The second kappa shape index (κ2) is 14.9. The minimum absolute atomic E-state index is 0.143. The number of methoxy groups -OCH3 is 1. The quantitative estimate of drug-likeness (QED) is 0.255. The predicted molar refractivity (Wildman–Crippen MR) is 127 cm³/mol. The fourth-order valence-electron chi connectivity index (χ4n) is 4.56. The van der Waals surface area contributed by atoms with Crippen molar-refractivity contribution in [3.8, 4) is 0 Å². The van der Waals surface area contributed by atoms with E-state index in [0.717, 1.165) is 38.1 Å². The Hall–Kier alpha value is -0.110. The Morgan fingerprint density at radius 2 is 1.39 bits per heavy atom. The van der Waals surface area contributed by atoms with Crippen molar-refractivity contribution in [3.05, 3.63) is 0 Å². The maximum absolute atomic E-state index is 6.63. The van der Waals surface area contributed by atoms with Crippen molar-refractivity contribution < 1.29 is 28.3 Å². The molecular weight excluding hydrogens is 394 g/mol. The molecule has 180 valence electrons. The molecule has 0 saturated carbocycles. The fraction of sp³-hybridized carbons (Fsp3) is 1.00. The van der Waals surface area contributed by atoms with Gasteiger partial charge in [-0.2, -0.15) is 0 Å². The van der Waals surface area contributed by atoms with Gasteiger partial charge in [0.15, 0.2) is 12.6 Å². The third-order valence-corrected chi connectivity index (χ3v) is 6.64. The zero-order chi connectivity index (χ0) is 22.6. The summed E-state index contributed by atoms with van der Waals surface area (Å²) in [5.41, 5.74) is 0. The highest BCUT2D eigenvalue weighted by molar-refractivity contribution is 6.52. The summed E-state index contributed by atoms with van der Waals surface area (Å²) in [5, 5.41) is 0. The lowest BCUT2D eigenvalue weighted by Crippen LogP contribution is -2.65. The minimum Gasteiger partial charge on any atom is -0.428 e. The number of rotatable bonds is 15. The SMILES string of the molecule is CCCCCCCC1OC[C@H]2O[C@H](OC)[C@H](OB(CC)CC)[C@@H](OB(CC)CC)[C@@H]2O1. The molecule has 0 amide bonds. The summed E-state index contributed by atoms with van der Waals surface area (Å²) in [7, 11) is 1.67. The van der Waals surface area contributed by atoms with Crippen LogP contribution in [0.1, 0.15) is 73.1 Å². The van der Waals surface area contributed by atoms with Gasteiger partial charge in [-0.1, -0.05) is 85.6 Å². The van der Waals surface area contributed by atoms with E-state index in [2.05, 4.69) is 34.6 Å². The van der Waals surface area contributed by atoms with Gasteiger partial charge in [-0.25, -0.2) is 0 Å². The summed E-state index contributed by atoms with van der Waals surface area (Å²) in [5.74, 6) is 0. The van der Waals surface area contributed by atoms with Crippen LogP contribution in [0.5, 0.6) is 0 Å². The summed E-state index contributed by atoms with van der Waals surface area (Å²) in [6.45, 7) is 11.7. The average Bonchev–Trinajstić information content (AvgIpc) is 2.80. The molecule has 8 heteroatoms. The third-order valence-electron chi connectivity index (χ3n) is 6.64. The van der Waals surface area contributed by atoms with Crippen molar-refractivity contribution >= 4 is 13.8 Å². The molecule has 6 nitrogen and oxygen atoms in total. The van der Waals surface area contributed by atoms with Crippen molar-refractivity contribution in [2.75, 3.05) is 13.7 Å². The van der Waals surface area contributed by atoms with Crippen molar-refractivity contribution in [1.29, 1.82) is 0 Å². The Bertz CT molecular complexity index is 461. The number of hydrogen-bond donors (Lipinski definition) is 0. The van der Waals surface area contributed by atoms with Crippen LogP contribution in [0.2, 0.25) is 25.3 Å². The van der Waals surface area contributed by atoms with E-state index in [4.69, 9.17) is 28.3 Å². The van der Waals surface area contributed by atoms with Gasteiger partial charge in [0.05, 0.1) is 12.7 Å². The molecule has 6 atom stereocenters. The summed E-state index contributed by atoms with van der Waals surface area (Å²) in [6.07, 6.45) is 9.23. The summed E-state index contributed by atoms with van der Waals surface area (Å²) in [6, 6.07) is 0. The van der Waals surface area contributed by atoms with E-state index in [1.165, 1.54) is 25.7 Å². The van der Waals surface area contributed by atoms with E-state index in [0.29, 0.717) is 6.61 Å². The number of unbranched alkanes of at least 4 members (excludes halogenated alkanes) is 4. The molecule has 2 heterocycles. The third kappa shape index (κ3) is 8.01. The van der Waals surface area contributed by atoms with Crippen LogP contribution in [-0.4, -0.2) is 64.5 Å². The topological polar surface area (TPSA) is 55.4 Å². The number of hydrogen-bond acceptors (Lipinski definition) is 6. The predicted octanol–water partition coefficient (Wildman–Crippen LogP) is 5.29. The zero-order valence-corrected chi connectivity index (χ0v) is 20.8. The van der Waals surface area contributed by atoms with Gasteiger partial charge in [-0.05, 0) is 12.8 Å². The molecule has 2 saturated heterocycles. The highest BCUT2D eigenvalue weighted by atomic mass is 16.8. The monoisotopic (exact) mass is 440 g/mol. The van der Waals surface area contributed by atoms with E-state index >= 15 is 0 Å². The van der Waals surface area contributed by atoms with E-state index in [1.807, 2.05) is 0 Å². The van der Waals surface area contributed by atoms with E-state index in [9.17, 15) is 0 Å². The van der Waals surface area contributed by atoms with Crippen LogP contribution in [0.4, 0.5) is 0 Å². The molecule has 0 aromatic heterocycles. The second-order valence-electron chi connectivity index (χ2n) is 8.92. The van der Waals surface area contributed by atoms with Gasteiger partial charge in [-0.15, -0.1) is 0 Å².